The van der Waals surface area contributed by atoms with Crippen LogP contribution in [0.1, 0.15) is 20.8 Å². The van der Waals surface area contributed by atoms with Gasteiger partial charge in [0.25, 0.3) is 0 Å². The van der Waals surface area contributed by atoms with E-state index in [0.29, 0.717) is 17.0 Å². The number of carbonyl (C=O) groups is 2. The summed E-state index contributed by atoms with van der Waals surface area (Å²) in [5.41, 5.74) is 0.415. The van der Waals surface area contributed by atoms with Crippen molar-refractivity contribution in [3.05, 3.63) is 65.9 Å². The van der Waals surface area contributed by atoms with Gasteiger partial charge in [0.2, 0.25) is 0 Å². The zero-order chi connectivity index (χ0) is 18.0. The second kappa shape index (κ2) is 6.48. The van der Waals surface area contributed by atoms with Gasteiger partial charge in [-0.25, -0.2) is 14.3 Å². The van der Waals surface area contributed by atoms with Crippen molar-refractivity contribution < 1.29 is 24.5 Å². The number of methoxy groups -OCH3 is 1. The molecule has 0 amide bonds. The van der Waals surface area contributed by atoms with Crippen LogP contribution in [-0.2, 0) is 0 Å². The van der Waals surface area contributed by atoms with E-state index >= 15 is 0 Å². The van der Waals surface area contributed by atoms with E-state index in [1.54, 1.807) is 54.6 Å². The summed E-state index contributed by atoms with van der Waals surface area (Å²) in [5, 5.41) is 23.0. The minimum Gasteiger partial charge on any atom is -0.497 e. The van der Waals surface area contributed by atoms with Gasteiger partial charge < -0.3 is 14.9 Å². The number of rotatable bonds is 5. The van der Waals surface area contributed by atoms with Crippen molar-refractivity contribution in [2.45, 2.75) is 0 Å². The minimum absolute atomic E-state index is 0.204. The molecule has 0 saturated heterocycles. The van der Waals surface area contributed by atoms with E-state index in [1.165, 1.54) is 11.8 Å². The summed E-state index contributed by atoms with van der Waals surface area (Å²) in [4.78, 5) is 23.2. The topological polar surface area (TPSA) is 102 Å². The van der Waals surface area contributed by atoms with Gasteiger partial charge in [-0.3, -0.25) is 0 Å². The number of aromatic carboxylic acids is 2. The Kier molecular flexibility index (Phi) is 4.21. The Labute approximate surface area is 142 Å². The molecule has 3 rings (SSSR count). The van der Waals surface area contributed by atoms with Crippen molar-refractivity contribution >= 4 is 11.9 Å². The number of carboxylic acids is 2. The second-order valence-corrected chi connectivity index (χ2v) is 5.16. The Bertz CT molecular complexity index is 930. The summed E-state index contributed by atoms with van der Waals surface area (Å²) in [5.74, 6) is -2.13. The van der Waals surface area contributed by atoms with Crippen LogP contribution in [0.15, 0.2) is 54.6 Å². The van der Waals surface area contributed by atoms with Gasteiger partial charge in [0.15, 0.2) is 5.69 Å². The van der Waals surface area contributed by atoms with Gasteiger partial charge in [0.1, 0.15) is 11.3 Å². The molecule has 0 atom stereocenters. The molecule has 0 saturated carbocycles. The first kappa shape index (κ1) is 16.3. The van der Waals surface area contributed by atoms with Crippen molar-refractivity contribution in [3.8, 4) is 22.7 Å². The zero-order valence-electron chi connectivity index (χ0n) is 13.2. The molecule has 0 aliphatic carbocycles. The van der Waals surface area contributed by atoms with E-state index < -0.39 is 17.6 Å². The molecule has 126 valence electrons. The molecule has 0 aliphatic heterocycles. The molecule has 1 aromatic heterocycles. The predicted octanol–water partition coefficient (Wildman–Crippen LogP) is 2.94. The first-order valence-electron chi connectivity index (χ1n) is 7.32. The first-order valence-corrected chi connectivity index (χ1v) is 7.32. The van der Waals surface area contributed by atoms with E-state index in [0.717, 1.165) is 0 Å². The number of benzene rings is 2. The summed E-state index contributed by atoms with van der Waals surface area (Å²) >= 11 is 0. The van der Waals surface area contributed by atoms with E-state index in [2.05, 4.69) is 5.10 Å². The van der Waals surface area contributed by atoms with Gasteiger partial charge in [0, 0.05) is 5.56 Å². The van der Waals surface area contributed by atoms with Crippen LogP contribution in [0.5, 0.6) is 5.75 Å². The molecule has 0 bridgehead atoms. The summed E-state index contributed by atoms with van der Waals surface area (Å²) in [7, 11) is 1.53. The van der Waals surface area contributed by atoms with Crippen LogP contribution in [0.2, 0.25) is 0 Å². The van der Waals surface area contributed by atoms with Gasteiger partial charge in [-0.2, -0.15) is 5.10 Å². The minimum atomic E-state index is -1.40. The molecular weight excluding hydrogens is 324 g/mol. The summed E-state index contributed by atoms with van der Waals surface area (Å²) in [6.07, 6.45) is 0. The lowest BCUT2D eigenvalue weighted by molar-refractivity contribution is 0.0648. The number of nitrogens with zero attached hydrogens (tertiary/aromatic N) is 2. The average Bonchev–Trinajstić information content (AvgIpc) is 3.03. The molecule has 3 aromatic rings. The van der Waals surface area contributed by atoms with Crippen LogP contribution in [0.3, 0.4) is 0 Å². The number of aromatic nitrogens is 2. The maximum Gasteiger partial charge on any atom is 0.357 e. The predicted molar refractivity (Wildman–Crippen MR) is 89.5 cm³/mol. The van der Waals surface area contributed by atoms with Gasteiger partial charge in [-0.1, -0.05) is 30.3 Å². The highest BCUT2D eigenvalue weighted by Gasteiger charge is 2.29. The third-order valence-electron chi connectivity index (χ3n) is 3.67. The summed E-state index contributed by atoms with van der Waals surface area (Å²) in [6, 6.07) is 15.4. The Morgan fingerprint density at radius 3 is 2.12 bits per heavy atom. The highest BCUT2D eigenvalue weighted by atomic mass is 16.5. The molecule has 7 heteroatoms. The zero-order valence-corrected chi connectivity index (χ0v) is 13.2. The van der Waals surface area contributed by atoms with E-state index in [4.69, 9.17) is 4.74 Å². The average molecular weight is 338 g/mol. The standard InChI is InChI=1S/C18H14N2O5/c1-25-13-9-7-12(8-10-13)20-16(11-5-3-2-4-6-11)14(17(21)22)15(19-20)18(23)24/h2-10H,1H3,(H,21,22)(H,23,24). The van der Waals surface area contributed by atoms with Crippen molar-refractivity contribution in [2.75, 3.05) is 7.11 Å². The Morgan fingerprint density at radius 1 is 0.960 bits per heavy atom. The maximum atomic E-state index is 11.7. The Hall–Kier alpha value is -3.61. The number of hydrogen-bond acceptors (Lipinski definition) is 4. The van der Waals surface area contributed by atoms with Crippen LogP contribution in [0.25, 0.3) is 16.9 Å². The Morgan fingerprint density at radius 2 is 1.60 bits per heavy atom. The molecule has 0 radical (unpaired) electrons. The summed E-state index contributed by atoms with van der Waals surface area (Å²) in [6.45, 7) is 0. The lowest BCUT2D eigenvalue weighted by atomic mass is 10.1. The number of carboxylic acid groups (broad SMARTS) is 2. The van der Waals surface area contributed by atoms with E-state index in [9.17, 15) is 19.8 Å². The van der Waals surface area contributed by atoms with Crippen molar-refractivity contribution in [3.63, 3.8) is 0 Å². The monoisotopic (exact) mass is 338 g/mol. The fourth-order valence-corrected chi connectivity index (χ4v) is 2.54. The lowest BCUT2D eigenvalue weighted by Gasteiger charge is -2.09. The van der Waals surface area contributed by atoms with Crippen molar-refractivity contribution in [2.24, 2.45) is 0 Å². The fourth-order valence-electron chi connectivity index (χ4n) is 2.54. The third-order valence-corrected chi connectivity index (χ3v) is 3.67. The van der Waals surface area contributed by atoms with Gasteiger partial charge in [0.05, 0.1) is 18.5 Å². The lowest BCUT2D eigenvalue weighted by Crippen LogP contribution is -2.07. The Balaban J connectivity index is 2.31. The molecule has 1 heterocycles. The first-order chi connectivity index (χ1) is 12.0. The number of ether oxygens (including phenoxy) is 1. The highest BCUT2D eigenvalue weighted by Crippen LogP contribution is 2.30. The van der Waals surface area contributed by atoms with Crippen LogP contribution in [0.4, 0.5) is 0 Å². The molecule has 2 aromatic carbocycles. The molecule has 25 heavy (non-hydrogen) atoms. The van der Waals surface area contributed by atoms with Gasteiger partial charge in [-0.15, -0.1) is 0 Å². The van der Waals surface area contributed by atoms with Gasteiger partial charge in [-0.05, 0) is 24.3 Å². The van der Waals surface area contributed by atoms with E-state index in [-0.39, 0.29) is 11.3 Å². The molecule has 0 aliphatic rings. The molecule has 0 spiro atoms. The van der Waals surface area contributed by atoms with Crippen LogP contribution >= 0.6 is 0 Å². The summed E-state index contributed by atoms with van der Waals surface area (Å²) < 4.78 is 6.43. The molecule has 0 unspecified atom stereocenters. The number of hydrogen-bond donors (Lipinski definition) is 2. The second-order valence-electron chi connectivity index (χ2n) is 5.16. The van der Waals surface area contributed by atoms with E-state index in [1.807, 2.05) is 0 Å². The van der Waals surface area contributed by atoms with Crippen LogP contribution in [0, 0.1) is 0 Å². The largest absolute Gasteiger partial charge is 0.497 e. The van der Waals surface area contributed by atoms with Crippen molar-refractivity contribution in [1.82, 2.24) is 9.78 Å². The highest BCUT2D eigenvalue weighted by molar-refractivity contribution is 6.05. The fraction of sp³-hybridized carbons (Fsp3) is 0.0556. The molecule has 2 N–H and O–H groups in total. The van der Waals surface area contributed by atoms with Crippen molar-refractivity contribution in [1.29, 1.82) is 0 Å². The SMILES string of the molecule is COc1ccc(-n2nc(C(=O)O)c(C(=O)O)c2-c2ccccc2)cc1. The third kappa shape index (κ3) is 2.94. The molecule has 0 fully saturated rings. The molecular formula is C18H14N2O5. The quantitative estimate of drug-likeness (QED) is 0.741. The normalized spacial score (nSPS) is 10.4. The van der Waals surface area contributed by atoms with Gasteiger partial charge >= 0.3 is 11.9 Å². The van der Waals surface area contributed by atoms with Crippen LogP contribution < -0.4 is 4.74 Å². The van der Waals surface area contributed by atoms with Crippen LogP contribution in [-0.4, -0.2) is 39.0 Å². The maximum absolute atomic E-state index is 11.7. The molecule has 7 nitrogen and oxygen atoms in total. The smallest absolute Gasteiger partial charge is 0.357 e.